The molecule has 158 valence electrons. The van der Waals surface area contributed by atoms with Crippen LogP contribution in [0.15, 0.2) is 54.6 Å². The van der Waals surface area contributed by atoms with E-state index in [-0.39, 0.29) is 18.5 Å². The zero-order valence-corrected chi connectivity index (χ0v) is 18.0. The number of nitrogens with zero attached hydrogens (tertiary/aromatic N) is 1. The molecule has 4 aromatic rings. The van der Waals surface area contributed by atoms with Gasteiger partial charge in [-0.25, -0.2) is 4.79 Å². The molecule has 0 amide bonds. The van der Waals surface area contributed by atoms with Crippen molar-refractivity contribution in [1.82, 2.24) is 9.88 Å². The Morgan fingerprint density at radius 3 is 2.65 bits per heavy atom. The van der Waals surface area contributed by atoms with Gasteiger partial charge in [-0.3, -0.25) is 5.41 Å². The fraction of sp³-hybridized carbons (Fsp3) is 0.200. The predicted molar refractivity (Wildman–Crippen MR) is 125 cm³/mol. The van der Waals surface area contributed by atoms with Crippen LogP contribution in [0.2, 0.25) is 0 Å². The lowest BCUT2D eigenvalue weighted by atomic mass is 9.95. The minimum absolute atomic E-state index is 0.146. The van der Waals surface area contributed by atoms with Crippen LogP contribution in [0.5, 0.6) is 0 Å². The first kappa shape index (κ1) is 20.5. The van der Waals surface area contributed by atoms with E-state index in [4.69, 9.17) is 15.9 Å². The van der Waals surface area contributed by atoms with Gasteiger partial charge in [0.25, 0.3) is 0 Å². The number of ether oxygens (including phenoxy) is 1. The molecule has 0 aliphatic carbocycles. The number of aromatic nitrogens is 1. The van der Waals surface area contributed by atoms with E-state index in [1.165, 1.54) is 16.3 Å². The third kappa shape index (κ3) is 3.72. The number of guanidine groups is 1. The van der Waals surface area contributed by atoms with Crippen molar-refractivity contribution in [2.24, 2.45) is 12.8 Å². The Labute approximate surface area is 181 Å². The highest BCUT2D eigenvalue weighted by atomic mass is 16.5. The van der Waals surface area contributed by atoms with Crippen molar-refractivity contribution in [2.75, 3.05) is 6.61 Å². The maximum absolute atomic E-state index is 12.8. The highest BCUT2D eigenvalue weighted by molar-refractivity contribution is 6.08. The number of nitrogens with one attached hydrogen (secondary N) is 2. The van der Waals surface area contributed by atoms with Gasteiger partial charge in [0.2, 0.25) is 0 Å². The van der Waals surface area contributed by atoms with Gasteiger partial charge in [-0.05, 0) is 47.4 Å². The van der Waals surface area contributed by atoms with Crippen LogP contribution in [0, 0.1) is 12.3 Å². The molecule has 6 heteroatoms. The van der Waals surface area contributed by atoms with E-state index >= 15 is 0 Å². The Hall–Kier alpha value is -3.80. The number of nitrogens with two attached hydrogens (primary N) is 1. The van der Waals surface area contributed by atoms with Crippen LogP contribution >= 0.6 is 0 Å². The average molecular weight is 415 g/mol. The molecule has 0 aliphatic heterocycles. The summed E-state index contributed by atoms with van der Waals surface area (Å²) in [5.74, 6) is -0.519. The summed E-state index contributed by atoms with van der Waals surface area (Å²) < 4.78 is 7.29. The maximum Gasteiger partial charge on any atom is 0.340 e. The molecule has 1 heterocycles. The fourth-order valence-corrected chi connectivity index (χ4v) is 4.17. The second kappa shape index (κ2) is 8.14. The Bertz CT molecular complexity index is 1320. The van der Waals surface area contributed by atoms with Gasteiger partial charge in [0.15, 0.2) is 5.96 Å². The predicted octanol–water partition coefficient (Wildman–Crippen LogP) is 4.47. The minimum Gasteiger partial charge on any atom is -0.462 e. The summed E-state index contributed by atoms with van der Waals surface area (Å²) in [6, 6.07) is 18.9. The summed E-state index contributed by atoms with van der Waals surface area (Å²) in [5, 5.41) is 13.5. The van der Waals surface area contributed by atoms with Gasteiger partial charge < -0.3 is 20.4 Å². The van der Waals surface area contributed by atoms with Crippen molar-refractivity contribution in [1.29, 1.82) is 5.41 Å². The van der Waals surface area contributed by atoms with E-state index in [0.717, 1.165) is 27.7 Å². The molecule has 0 spiro atoms. The molecule has 0 bridgehead atoms. The molecule has 4 N–H and O–H groups in total. The first-order valence-electron chi connectivity index (χ1n) is 10.3. The third-order valence-corrected chi connectivity index (χ3v) is 5.56. The minimum atomic E-state index is -0.373. The maximum atomic E-state index is 12.8. The van der Waals surface area contributed by atoms with E-state index in [0.29, 0.717) is 12.2 Å². The van der Waals surface area contributed by atoms with E-state index in [1.54, 1.807) is 6.92 Å². The van der Waals surface area contributed by atoms with E-state index < -0.39 is 0 Å². The lowest BCUT2D eigenvalue weighted by Gasteiger charge is -2.10. The lowest BCUT2D eigenvalue weighted by molar-refractivity contribution is 0.0527. The number of carbonyl (C=O) groups is 1. The van der Waals surface area contributed by atoms with Crippen molar-refractivity contribution in [2.45, 2.75) is 20.4 Å². The average Bonchev–Trinajstić information content (AvgIpc) is 3.03. The van der Waals surface area contributed by atoms with Crippen LogP contribution < -0.4 is 11.1 Å². The van der Waals surface area contributed by atoms with Crippen LogP contribution in [-0.4, -0.2) is 23.1 Å². The molecule has 3 aromatic carbocycles. The van der Waals surface area contributed by atoms with Crippen LogP contribution in [0.4, 0.5) is 0 Å². The Balaban J connectivity index is 1.93. The zero-order chi connectivity index (χ0) is 22.1. The normalized spacial score (nSPS) is 11.1. The summed E-state index contributed by atoms with van der Waals surface area (Å²) in [4.78, 5) is 12.8. The second-order valence-corrected chi connectivity index (χ2v) is 7.63. The molecule has 0 atom stereocenters. The lowest BCUT2D eigenvalue weighted by Crippen LogP contribution is -2.31. The number of fused-ring (bicyclic) bond motifs is 2. The molecule has 0 aliphatic rings. The SMILES string of the molecule is CCOC(=O)c1c(CNC(=N)N)n(C)c2cc(-c3cc(C)cc4ccccc34)ccc12. The van der Waals surface area contributed by atoms with Gasteiger partial charge in [-0.15, -0.1) is 0 Å². The molecule has 0 unspecified atom stereocenters. The number of rotatable bonds is 5. The molecule has 4 rings (SSSR count). The van der Waals surface area contributed by atoms with E-state index in [2.05, 4.69) is 48.6 Å². The van der Waals surface area contributed by atoms with Gasteiger partial charge in [-0.1, -0.05) is 48.5 Å². The number of aryl methyl sites for hydroxylation is 2. The summed E-state index contributed by atoms with van der Waals surface area (Å²) in [6.45, 7) is 4.44. The number of benzene rings is 3. The monoisotopic (exact) mass is 414 g/mol. The molecule has 0 saturated carbocycles. The highest BCUT2D eigenvalue weighted by Gasteiger charge is 2.22. The largest absolute Gasteiger partial charge is 0.462 e. The molecule has 6 nitrogen and oxygen atoms in total. The molecule has 1 aromatic heterocycles. The summed E-state index contributed by atoms with van der Waals surface area (Å²) in [5.41, 5.74) is 11.1. The topological polar surface area (TPSA) is 93.1 Å². The summed E-state index contributed by atoms with van der Waals surface area (Å²) in [7, 11) is 1.92. The number of esters is 1. The first-order chi connectivity index (χ1) is 14.9. The second-order valence-electron chi connectivity index (χ2n) is 7.63. The molecule has 0 radical (unpaired) electrons. The Morgan fingerprint density at radius 2 is 1.90 bits per heavy atom. The van der Waals surface area contributed by atoms with Crippen molar-refractivity contribution < 1.29 is 9.53 Å². The van der Waals surface area contributed by atoms with Crippen molar-refractivity contribution >= 4 is 33.6 Å². The van der Waals surface area contributed by atoms with E-state index in [1.807, 2.05) is 29.8 Å². The van der Waals surface area contributed by atoms with Crippen LogP contribution in [-0.2, 0) is 18.3 Å². The van der Waals surface area contributed by atoms with Gasteiger partial charge in [0.05, 0.1) is 24.4 Å². The molecule has 31 heavy (non-hydrogen) atoms. The molecule has 0 saturated heterocycles. The first-order valence-corrected chi connectivity index (χ1v) is 10.3. The number of carbonyl (C=O) groups excluding carboxylic acids is 1. The summed E-state index contributed by atoms with van der Waals surface area (Å²) in [6.07, 6.45) is 0. The third-order valence-electron chi connectivity index (χ3n) is 5.56. The van der Waals surface area contributed by atoms with Gasteiger partial charge in [0, 0.05) is 18.0 Å². The van der Waals surface area contributed by atoms with E-state index in [9.17, 15) is 4.79 Å². The smallest absolute Gasteiger partial charge is 0.340 e. The van der Waals surface area contributed by atoms with Crippen LogP contribution in [0.25, 0.3) is 32.8 Å². The van der Waals surface area contributed by atoms with Crippen molar-refractivity contribution in [3.8, 4) is 11.1 Å². The van der Waals surface area contributed by atoms with Gasteiger partial charge in [0.1, 0.15) is 0 Å². The quantitative estimate of drug-likeness (QED) is 0.255. The zero-order valence-electron chi connectivity index (χ0n) is 18.0. The standard InChI is InChI=1S/C25H26N4O2/c1-4-31-24(30)23-19-10-9-17(13-21(19)29(3)22(23)14-28-25(26)27)20-12-15(2)11-16-7-5-6-8-18(16)20/h5-13H,4,14H2,1-3H3,(H4,26,27,28). The highest BCUT2D eigenvalue weighted by Crippen LogP contribution is 2.34. The molecular formula is C25H26N4O2. The van der Waals surface area contributed by atoms with Crippen LogP contribution in [0.1, 0.15) is 28.5 Å². The summed E-state index contributed by atoms with van der Waals surface area (Å²) >= 11 is 0. The number of hydrogen-bond donors (Lipinski definition) is 3. The number of hydrogen-bond acceptors (Lipinski definition) is 3. The molecular weight excluding hydrogens is 388 g/mol. The van der Waals surface area contributed by atoms with Crippen molar-refractivity contribution in [3.63, 3.8) is 0 Å². The van der Waals surface area contributed by atoms with Gasteiger partial charge in [-0.2, -0.15) is 0 Å². The Kier molecular flexibility index (Phi) is 5.38. The molecule has 0 fully saturated rings. The van der Waals surface area contributed by atoms with Crippen molar-refractivity contribution in [3.05, 3.63) is 71.4 Å². The Morgan fingerprint density at radius 1 is 1.13 bits per heavy atom. The van der Waals surface area contributed by atoms with Crippen LogP contribution in [0.3, 0.4) is 0 Å². The van der Waals surface area contributed by atoms with Gasteiger partial charge >= 0.3 is 5.97 Å². The fourth-order valence-electron chi connectivity index (χ4n) is 4.17.